The second-order valence-electron chi connectivity index (χ2n) is 17.2. The molecule has 16 nitrogen and oxygen atoms in total. The fourth-order valence-electron chi connectivity index (χ4n) is 7.92. The second kappa shape index (κ2) is 26.5. The summed E-state index contributed by atoms with van der Waals surface area (Å²) in [6, 6.07) is 36.0. The number of carboxylic acids is 2. The summed E-state index contributed by atoms with van der Waals surface area (Å²) < 4.78 is 25.2. The van der Waals surface area contributed by atoms with Crippen LogP contribution in [0.25, 0.3) is 11.1 Å². The third-order valence-corrected chi connectivity index (χ3v) is 12.3. The zero-order valence-electron chi connectivity index (χ0n) is 40.2. The lowest BCUT2D eigenvalue weighted by molar-refractivity contribution is -0.140. The van der Waals surface area contributed by atoms with E-state index in [0.29, 0.717) is 67.5 Å². The van der Waals surface area contributed by atoms with Gasteiger partial charge in [0.1, 0.15) is 49.4 Å². The standard InChI is InChI=1S/C56H50Cl2N6O10/c1-33-41(31-73-53-19-51(71-29-39-11-35(21-59)9-36(12-39)22-60)43(15-49(53)57)25-63-27-45(65)17-55(67)68)5-3-7-47(33)48-8-4-6-42(34(48)2)32-74-54-20-52(72-30-40-13-37(23-61)10-38(14-40)24-62)44(16-50(54)58)26-64-28-46(66)18-56(69)70/h3-16,19-20,45-46,63-66H,17-18,25-32H2,1-2H3,(H,67,68)(H,69,70)/t45-,46-/m0/s1. The van der Waals surface area contributed by atoms with Crippen LogP contribution in [-0.2, 0) is 49.1 Å². The Bertz CT molecular complexity index is 2940. The molecule has 0 unspecified atom stereocenters. The number of carbonyl (C=O) groups is 2. The van der Waals surface area contributed by atoms with Gasteiger partial charge in [0.15, 0.2) is 0 Å². The van der Waals surface area contributed by atoms with E-state index in [4.69, 9.17) is 52.4 Å². The molecule has 0 aliphatic carbocycles. The van der Waals surface area contributed by atoms with Crippen molar-refractivity contribution in [3.05, 3.63) is 174 Å². The van der Waals surface area contributed by atoms with Gasteiger partial charge < -0.3 is 50.0 Å². The Morgan fingerprint density at radius 2 is 0.865 bits per heavy atom. The number of aliphatic hydroxyl groups excluding tert-OH is 2. The van der Waals surface area contributed by atoms with Crippen LogP contribution in [0.3, 0.4) is 0 Å². The van der Waals surface area contributed by atoms with E-state index in [9.17, 15) is 40.8 Å². The third kappa shape index (κ3) is 15.4. The van der Waals surface area contributed by atoms with Crippen LogP contribution in [0.1, 0.15) is 79.6 Å². The van der Waals surface area contributed by atoms with Gasteiger partial charge in [0.05, 0.1) is 81.6 Å². The Hall–Kier alpha value is -8.16. The van der Waals surface area contributed by atoms with Gasteiger partial charge in [-0.2, -0.15) is 21.0 Å². The number of rotatable bonds is 25. The van der Waals surface area contributed by atoms with Gasteiger partial charge in [0.25, 0.3) is 0 Å². The number of ether oxygens (including phenoxy) is 4. The smallest absolute Gasteiger partial charge is 0.306 e. The normalized spacial score (nSPS) is 11.5. The fraction of sp³-hybridized carbons (Fsp3) is 0.250. The first-order valence-corrected chi connectivity index (χ1v) is 23.8. The highest BCUT2D eigenvalue weighted by Gasteiger charge is 2.19. The molecular weight excluding hydrogens is 988 g/mol. The summed E-state index contributed by atoms with van der Waals surface area (Å²) in [6.07, 6.45) is -3.13. The lowest BCUT2D eigenvalue weighted by atomic mass is 9.92. The minimum atomic E-state index is -1.13. The predicted molar refractivity (Wildman–Crippen MR) is 273 cm³/mol. The molecule has 0 fully saturated rings. The molecule has 74 heavy (non-hydrogen) atoms. The van der Waals surface area contributed by atoms with Crippen LogP contribution >= 0.6 is 23.2 Å². The average molecular weight is 1040 g/mol. The summed E-state index contributed by atoms with van der Waals surface area (Å²) in [6.45, 7) is 4.50. The molecule has 2 atom stereocenters. The van der Waals surface area contributed by atoms with E-state index >= 15 is 0 Å². The molecule has 0 spiro atoms. The van der Waals surface area contributed by atoms with E-state index in [1.54, 1.807) is 48.5 Å². The van der Waals surface area contributed by atoms with Crippen molar-refractivity contribution in [3.63, 3.8) is 0 Å². The monoisotopic (exact) mass is 1040 g/mol. The number of carboxylic acid groups (broad SMARTS) is 2. The van der Waals surface area contributed by atoms with E-state index in [-0.39, 0.29) is 62.7 Å². The highest BCUT2D eigenvalue weighted by Crippen LogP contribution is 2.37. The van der Waals surface area contributed by atoms with Crippen molar-refractivity contribution >= 4 is 35.1 Å². The van der Waals surface area contributed by atoms with E-state index in [2.05, 4.69) is 34.9 Å². The van der Waals surface area contributed by atoms with Gasteiger partial charge >= 0.3 is 11.9 Å². The number of nitrogens with one attached hydrogen (secondary N) is 2. The van der Waals surface area contributed by atoms with Crippen LogP contribution in [0.5, 0.6) is 23.0 Å². The first-order valence-electron chi connectivity index (χ1n) is 23.0. The van der Waals surface area contributed by atoms with Crippen molar-refractivity contribution in [2.75, 3.05) is 13.1 Å². The Labute approximate surface area is 437 Å². The largest absolute Gasteiger partial charge is 0.488 e. The van der Waals surface area contributed by atoms with Crippen molar-refractivity contribution in [1.29, 1.82) is 21.0 Å². The van der Waals surface area contributed by atoms with Gasteiger partial charge in [-0.3, -0.25) is 9.59 Å². The molecule has 0 aromatic heterocycles. The first kappa shape index (κ1) is 55.2. The van der Waals surface area contributed by atoms with Crippen molar-refractivity contribution in [3.8, 4) is 58.4 Å². The maximum atomic E-state index is 11.1. The van der Waals surface area contributed by atoms with Crippen molar-refractivity contribution in [1.82, 2.24) is 10.6 Å². The zero-order chi connectivity index (χ0) is 53.3. The molecule has 0 radical (unpaired) electrons. The van der Waals surface area contributed by atoms with E-state index in [1.807, 2.05) is 50.2 Å². The highest BCUT2D eigenvalue weighted by molar-refractivity contribution is 6.32. The van der Waals surface area contributed by atoms with Gasteiger partial charge in [0.2, 0.25) is 0 Å². The minimum Gasteiger partial charge on any atom is -0.488 e. The second-order valence-corrected chi connectivity index (χ2v) is 18.0. The molecule has 6 aromatic rings. The molecule has 0 bridgehead atoms. The topological polar surface area (TPSA) is 271 Å². The molecular formula is C56H50Cl2N6O10. The zero-order valence-corrected chi connectivity index (χ0v) is 41.8. The Balaban J connectivity index is 1.20. The van der Waals surface area contributed by atoms with E-state index in [1.165, 1.54) is 12.1 Å². The number of benzene rings is 6. The highest BCUT2D eigenvalue weighted by atomic mass is 35.5. The number of nitriles is 4. The molecule has 0 saturated heterocycles. The summed E-state index contributed by atoms with van der Waals surface area (Å²) in [4.78, 5) is 22.2. The summed E-state index contributed by atoms with van der Waals surface area (Å²) in [5.41, 5.74) is 9.05. The van der Waals surface area contributed by atoms with Gasteiger partial charge in [-0.05, 0) is 107 Å². The summed E-state index contributed by atoms with van der Waals surface area (Å²) in [5.74, 6) is -0.908. The molecule has 18 heteroatoms. The predicted octanol–water partition coefficient (Wildman–Crippen LogP) is 8.93. The first-order chi connectivity index (χ1) is 35.6. The van der Waals surface area contributed by atoms with Gasteiger partial charge in [-0.25, -0.2) is 0 Å². The minimum absolute atomic E-state index is 0.00568. The molecule has 6 rings (SSSR count). The van der Waals surface area contributed by atoms with Crippen molar-refractivity contribution in [2.45, 2.75) is 78.4 Å². The van der Waals surface area contributed by atoms with E-state index < -0.39 is 37.0 Å². The number of hydrogen-bond acceptors (Lipinski definition) is 14. The number of nitrogens with zero attached hydrogens (tertiary/aromatic N) is 4. The lowest BCUT2D eigenvalue weighted by Crippen LogP contribution is -2.28. The third-order valence-electron chi connectivity index (χ3n) is 11.7. The van der Waals surface area contributed by atoms with Gasteiger partial charge in [0, 0.05) is 49.4 Å². The summed E-state index contributed by atoms with van der Waals surface area (Å²) >= 11 is 13.6. The van der Waals surface area contributed by atoms with Crippen LogP contribution in [-0.4, -0.2) is 57.7 Å². The van der Waals surface area contributed by atoms with Crippen LogP contribution in [0.2, 0.25) is 10.0 Å². The Kier molecular flexibility index (Phi) is 19.8. The number of aliphatic carboxylic acids is 2. The molecule has 378 valence electrons. The van der Waals surface area contributed by atoms with E-state index in [0.717, 1.165) is 33.4 Å². The molecule has 0 heterocycles. The van der Waals surface area contributed by atoms with Gasteiger partial charge in [-0.1, -0.05) is 59.6 Å². The molecule has 0 aliphatic heterocycles. The fourth-order valence-corrected chi connectivity index (χ4v) is 8.40. The number of aliphatic hydroxyl groups is 2. The maximum absolute atomic E-state index is 11.1. The van der Waals surface area contributed by atoms with Crippen LogP contribution < -0.4 is 29.6 Å². The quantitative estimate of drug-likeness (QED) is 0.0312. The van der Waals surface area contributed by atoms with Crippen molar-refractivity contribution in [2.24, 2.45) is 0 Å². The van der Waals surface area contributed by atoms with Gasteiger partial charge in [-0.15, -0.1) is 0 Å². The average Bonchev–Trinajstić information content (AvgIpc) is 3.37. The van der Waals surface area contributed by atoms with Crippen molar-refractivity contribution < 1.29 is 49.0 Å². The SMILES string of the molecule is Cc1c(COc2cc(OCc3cc(C#N)cc(C#N)c3)c(CNC[C@@H](O)CC(=O)O)cc2Cl)cccc1-c1cccc(COc2cc(OCc3cc(C#N)cc(C#N)c3)c(CNC[C@@H](O)CC(=O)O)cc2Cl)c1C. The van der Waals surface area contributed by atoms with Crippen LogP contribution in [0.4, 0.5) is 0 Å². The Morgan fingerprint density at radius 1 is 0.514 bits per heavy atom. The maximum Gasteiger partial charge on any atom is 0.306 e. The molecule has 6 aromatic carbocycles. The number of halogens is 2. The Morgan fingerprint density at radius 3 is 1.20 bits per heavy atom. The molecule has 0 aliphatic rings. The lowest BCUT2D eigenvalue weighted by Gasteiger charge is -2.19. The molecule has 0 saturated carbocycles. The summed E-state index contributed by atoms with van der Waals surface area (Å²) in [5, 5.41) is 83.0. The molecule has 6 N–H and O–H groups in total. The van der Waals surface area contributed by atoms with Crippen LogP contribution in [0.15, 0.2) is 97.1 Å². The molecule has 0 amide bonds. The summed E-state index contributed by atoms with van der Waals surface area (Å²) in [7, 11) is 0. The number of hydrogen-bond donors (Lipinski definition) is 6. The van der Waals surface area contributed by atoms with Crippen LogP contribution in [0, 0.1) is 59.2 Å².